The minimum absolute atomic E-state index is 0.00725. The van der Waals surface area contributed by atoms with Crippen molar-refractivity contribution in [3.8, 4) is 0 Å². The molecule has 2 heterocycles. The van der Waals surface area contributed by atoms with E-state index in [0.717, 1.165) is 12.8 Å². The largest absolute Gasteiger partial charge is 0.298 e. The van der Waals surface area contributed by atoms with Gasteiger partial charge < -0.3 is 0 Å². The highest BCUT2D eigenvalue weighted by Crippen LogP contribution is 2.25. The van der Waals surface area contributed by atoms with E-state index >= 15 is 0 Å². The Kier molecular flexibility index (Phi) is 4.31. The van der Waals surface area contributed by atoms with E-state index in [1.807, 2.05) is 0 Å². The fraction of sp³-hybridized carbons (Fsp3) is 0.538. The summed E-state index contributed by atoms with van der Waals surface area (Å²) in [7, 11) is -3.62. The van der Waals surface area contributed by atoms with Crippen molar-refractivity contribution in [3.63, 3.8) is 0 Å². The van der Waals surface area contributed by atoms with Crippen molar-refractivity contribution < 1.29 is 13.2 Å². The molecule has 0 saturated carbocycles. The van der Waals surface area contributed by atoms with Crippen LogP contribution in [0.25, 0.3) is 0 Å². The molecule has 1 saturated heterocycles. The van der Waals surface area contributed by atoms with E-state index in [2.05, 4.69) is 4.98 Å². The van der Waals surface area contributed by atoms with Crippen molar-refractivity contribution in [3.05, 3.63) is 24.5 Å². The molecular formula is C13H18N2O3S. The summed E-state index contributed by atoms with van der Waals surface area (Å²) < 4.78 is 26.5. The van der Waals surface area contributed by atoms with E-state index < -0.39 is 16.1 Å². The zero-order valence-corrected chi connectivity index (χ0v) is 11.8. The van der Waals surface area contributed by atoms with Gasteiger partial charge in [0.25, 0.3) is 0 Å². The summed E-state index contributed by atoms with van der Waals surface area (Å²) in [5.74, 6) is -0.00725. The Hall–Kier alpha value is -1.27. The van der Waals surface area contributed by atoms with Crippen molar-refractivity contribution in [2.75, 3.05) is 6.54 Å². The van der Waals surface area contributed by atoms with Crippen LogP contribution in [0.2, 0.25) is 0 Å². The van der Waals surface area contributed by atoms with Gasteiger partial charge >= 0.3 is 0 Å². The molecule has 0 amide bonds. The summed E-state index contributed by atoms with van der Waals surface area (Å²) in [6.45, 7) is 2.18. The normalized spacial score (nSPS) is 21.2. The fourth-order valence-corrected chi connectivity index (χ4v) is 4.03. The zero-order chi connectivity index (χ0) is 13.9. The van der Waals surface area contributed by atoms with Gasteiger partial charge in [0.15, 0.2) is 5.78 Å². The van der Waals surface area contributed by atoms with Crippen LogP contribution < -0.4 is 0 Å². The number of Topliss-reactive ketones (excluding diaryl/α,β-unsaturated/α-hetero) is 1. The minimum Gasteiger partial charge on any atom is -0.298 e. The number of aromatic nitrogens is 1. The van der Waals surface area contributed by atoms with Crippen LogP contribution in [0.5, 0.6) is 0 Å². The van der Waals surface area contributed by atoms with E-state index in [4.69, 9.17) is 0 Å². The van der Waals surface area contributed by atoms with Crippen molar-refractivity contribution in [1.29, 1.82) is 0 Å². The molecule has 1 atom stereocenters. The average Bonchev–Trinajstić information content (AvgIpc) is 2.47. The minimum atomic E-state index is -3.62. The number of sulfonamides is 1. The second-order valence-electron chi connectivity index (χ2n) is 4.64. The van der Waals surface area contributed by atoms with E-state index in [0.29, 0.717) is 19.4 Å². The molecule has 2 rings (SSSR count). The maximum atomic E-state index is 12.6. The summed E-state index contributed by atoms with van der Waals surface area (Å²) in [4.78, 5) is 15.9. The third-order valence-electron chi connectivity index (χ3n) is 3.41. The molecule has 1 aromatic heterocycles. The maximum absolute atomic E-state index is 12.6. The lowest BCUT2D eigenvalue weighted by atomic mass is 10.00. The Morgan fingerprint density at radius 1 is 1.47 bits per heavy atom. The van der Waals surface area contributed by atoms with Crippen LogP contribution in [0.1, 0.15) is 32.6 Å². The van der Waals surface area contributed by atoms with E-state index in [9.17, 15) is 13.2 Å². The van der Waals surface area contributed by atoms with Gasteiger partial charge in [-0.25, -0.2) is 8.42 Å². The van der Waals surface area contributed by atoms with Gasteiger partial charge in [0.1, 0.15) is 4.90 Å². The lowest BCUT2D eigenvalue weighted by Crippen LogP contribution is -2.47. The number of nitrogens with zero attached hydrogens (tertiary/aromatic N) is 2. The zero-order valence-electron chi connectivity index (χ0n) is 10.9. The number of hydrogen-bond acceptors (Lipinski definition) is 4. The molecule has 0 N–H and O–H groups in total. The fourth-order valence-electron chi connectivity index (χ4n) is 2.39. The van der Waals surface area contributed by atoms with Crippen molar-refractivity contribution >= 4 is 15.8 Å². The molecule has 0 bridgehead atoms. The van der Waals surface area contributed by atoms with Crippen LogP contribution in [-0.2, 0) is 14.8 Å². The maximum Gasteiger partial charge on any atom is 0.245 e. The van der Waals surface area contributed by atoms with Crippen molar-refractivity contribution in [2.24, 2.45) is 0 Å². The average molecular weight is 282 g/mol. The molecular weight excluding hydrogens is 264 g/mol. The Balaban J connectivity index is 2.35. The Morgan fingerprint density at radius 2 is 2.26 bits per heavy atom. The molecule has 0 radical (unpaired) electrons. The molecule has 104 valence electrons. The van der Waals surface area contributed by atoms with Crippen LogP contribution in [-0.4, -0.2) is 36.1 Å². The number of rotatable bonds is 4. The number of carbonyl (C=O) groups is 1. The number of pyridine rings is 1. The van der Waals surface area contributed by atoms with Gasteiger partial charge in [0.05, 0.1) is 6.04 Å². The third kappa shape index (κ3) is 2.84. The van der Waals surface area contributed by atoms with Crippen LogP contribution in [0, 0.1) is 0 Å². The summed E-state index contributed by atoms with van der Waals surface area (Å²) in [5, 5.41) is 0. The molecule has 0 aromatic carbocycles. The monoisotopic (exact) mass is 282 g/mol. The first-order chi connectivity index (χ1) is 9.07. The highest BCUT2D eigenvalue weighted by Gasteiger charge is 2.36. The van der Waals surface area contributed by atoms with Gasteiger partial charge in [0, 0.05) is 25.4 Å². The smallest absolute Gasteiger partial charge is 0.245 e. The highest BCUT2D eigenvalue weighted by molar-refractivity contribution is 7.89. The summed E-state index contributed by atoms with van der Waals surface area (Å²) >= 11 is 0. The van der Waals surface area contributed by atoms with Gasteiger partial charge in [-0.2, -0.15) is 4.31 Å². The quantitative estimate of drug-likeness (QED) is 0.841. The molecule has 6 heteroatoms. The number of piperidine rings is 1. The standard InChI is InChI=1S/C13H18N2O3S/c1-2-13(16)12-7-3-4-9-15(12)19(17,18)11-6-5-8-14-10-11/h5-6,8,10,12H,2-4,7,9H2,1H3/t12-/m0/s1. The van der Waals surface area contributed by atoms with Gasteiger partial charge in [-0.1, -0.05) is 13.3 Å². The van der Waals surface area contributed by atoms with Gasteiger partial charge in [-0.15, -0.1) is 0 Å². The molecule has 0 spiro atoms. The first kappa shape index (κ1) is 14.1. The third-order valence-corrected chi connectivity index (χ3v) is 5.31. The summed E-state index contributed by atoms with van der Waals surface area (Å²) in [6, 6.07) is 2.60. The summed E-state index contributed by atoms with van der Waals surface area (Å²) in [6.07, 6.45) is 5.54. The number of ketones is 1. The molecule has 0 unspecified atom stereocenters. The predicted molar refractivity (Wildman–Crippen MR) is 71.1 cm³/mol. The van der Waals surface area contributed by atoms with Crippen LogP contribution in [0.4, 0.5) is 0 Å². The summed E-state index contributed by atoms with van der Waals surface area (Å²) in [5.41, 5.74) is 0. The molecule has 1 aromatic rings. The highest BCUT2D eigenvalue weighted by atomic mass is 32.2. The van der Waals surface area contributed by atoms with Gasteiger partial charge in [-0.3, -0.25) is 9.78 Å². The Labute approximate surface area is 113 Å². The molecule has 1 aliphatic heterocycles. The topological polar surface area (TPSA) is 67.3 Å². The first-order valence-corrected chi connectivity index (χ1v) is 7.96. The van der Waals surface area contributed by atoms with Crippen molar-refractivity contribution in [1.82, 2.24) is 9.29 Å². The predicted octanol–water partition coefficient (Wildman–Crippen LogP) is 1.60. The lowest BCUT2D eigenvalue weighted by molar-refractivity contribution is -0.123. The Morgan fingerprint density at radius 3 is 2.89 bits per heavy atom. The molecule has 1 aliphatic rings. The van der Waals surface area contributed by atoms with Gasteiger partial charge in [-0.05, 0) is 25.0 Å². The Bertz CT molecular complexity index is 542. The van der Waals surface area contributed by atoms with Crippen LogP contribution >= 0.6 is 0 Å². The molecule has 19 heavy (non-hydrogen) atoms. The first-order valence-electron chi connectivity index (χ1n) is 6.52. The van der Waals surface area contributed by atoms with E-state index in [-0.39, 0.29) is 10.7 Å². The van der Waals surface area contributed by atoms with Crippen molar-refractivity contribution in [2.45, 2.75) is 43.5 Å². The van der Waals surface area contributed by atoms with Crippen LogP contribution in [0.3, 0.4) is 0 Å². The van der Waals surface area contributed by atoms with Crippen LogP contribution in [0.15, 0.2) is 29.4 Å². The second kappa shape index (κ2) is 5.79. The van der Waals surface area contributed by atoms with E-state index in [1.54, 1.807) is 13.0 Å². The molecule has 5 nitrogen and oxygen atoms in total. The van der Waals surface area contributed by atoms with Gasteiger partial charge in [0.2, 0.25) is 10.0 Å². The SMILES string of the molecule is CCC(=O)[C@@H]1CCCCN1S(=O)(=O)c1cccnc1. The second-order valence-corrected chi connectivity index (χ2v) is 6.53. The lowest BCUT2D eigenvalue weighted by Gasteiger charge is -2.33. The number of hydrogen-bond donors (Lipinski definition) is 0. The molecule has 1 fully saturated rings. The molecule has 0 aliphatic carbocycles. The number of carbonyl (C=O) groups excluding carboxylic acids is 1. The van der Waals surface area contributed by atoms with E-state index in [1.165, 1.54) is 22.8 Å².